The van der Waals surface area contributed by atoms with Crippen LogP contribution in [0.25, 0.3) is 10.9 Å². The molecule has 0 radical (unpaired) electrons. The Morgan fingerprint density at radius 2 is 2.04 bits per heavy atom. The molecule has 0 bridgehead atoms. The predicted molar refractivity (Wildman–Crippen MR) is 96.5 cm³/mol. The summed E-state index contributed by atoms with van der Waals surface area (Å²) in [6.45, 7) is 1.86. The van der Waals surface area contributed by atoms with E-state index in [9.17, 15) is 19.7 Å². The molecule has 0 fully saturated rings. The summed E-state index contributed by atoms with van der Waals surface area (Å²) >= 11 is 0. The highest BCUT2D eigenvalue weighted by Gasteiger charge is 2.28. The van der Waals surface area contributed by atoms with Gasteiger partial charge in [0.05, 0.1) is 27.2 Å². The number of H-pyrrole nitrogens is 1. The Labute approximate surface area is 155 Å². The number of rotatable bonds is 9. The molecule has 9 heteroatoms. The molecule has 1 unspecified atom stereocenters. The van der Waals surface area contributed by atoms with Gasteiger partial charge in [0.2, 0.25) is 6.04 Å². The van der Waals surface area contributed by atoms with Crippen LogP contribution in [0.3, 0.4) is 0 Å². The second-order valence-electron chi connectivity index (χ2n) is 5.87. The van der Waals surface area contributed by atoms with E-state index < -0.39 is 22.9 Å². The van der Waals surface area contributed by atoms with Gasteiger partial charge < -0.3 is 19.2 Å². The van der Waals surface area contributed by atoms with Crippen LogP contribution in [0.4, 0.5) is 0 Å². The van der Waals surface area contributed by atoms with Crippen molar-refractivity contribution in [2.75, 3.05) is 20.8 Å². The normalized spacial score (nSPS) is 11.8. The monoisotopic (exact) mass is 378 g/mol. The van der Waals surface area contributed by atoms with Crippen molar-refractivity contribution in [3.05, 3.63) is 39.6 Å². The zero-order valence-electron chi connectivity index (χ0n) is 15.4. The van der Waals surface area contributed by atoms with Gasteiger partial charge in [0.15, 0.2) is 0 Å². The molecule has 2 rings (SSSR count). The minimum Gasteiger partial charge on any atom is -0.497 e. The quantitative estimate of drug-likeness (QED) is 0.404. The highest BCUT2D eigenvalue weighted by molar-refractivity contribution is 5.98. The van der Waals surface area contributed by atoms with E-state index in [1.807, 2.05) is 0 Å². The number of nitrogens with zero attached hydrogens (tertiary/aromatic N) is 1. The first kappa shape index (κ1) is 20.2. The lowest BCUT2D eigenvalue weighted by Gasteiger charge is -2.10. The van der Waals surface area contributed by atoms with Crippen molar-refractivity contribution < 1.29 is 28.7 Å². The highest BCUT2D eigenvalue weighted by atomic mass is 16.6. The number of carbonyl (C=O) groups is 2. The van der Waals surface area contributed by atoms with Crippen molar-refractivity contribution >= 4 is 22.8 Å². The number of methoxy groups -OCH3 is 2. The van der Waals surface area contributed by atoms with Crippen LogP contribution >= 0.6 is 0 Å². The summed E-state index contributed by atoms with van der Waals surface area (Å²) in [5, 5.41) is 12.1. The van der Waals surface area contributed by atoms with Crippen LogP contribution < -0.4 is 4.74 Å². The van der Waals surface area contributed by atoms with Gasteiger partial charge in [0.25, 0.3) is 0 Å². The maximum atomic E-state index is 12.3. The van der Waals surface area contributed by atoms with Gasteiger partial charge in [-0.1, -0.05) is 0 Å². The first-order chi connectivity index (χ1) is 12.9. The molecule has 146 valence electrons. The van der Waals surface area contributed by atoms with Crippen LogP contribution in [0.15, 0.2) is 18.2 Å². The Kier molecular flexibility index (Phi) is 6.75. The van der Waals surface area contributed by atoms with Gasteiger partial charge in [0.1, 0.15) is 11.4 Å². The summed E-state index contributed by atoms with van der Waals surface area (Å²) in [6, 6.07) is 4.11. The van der Waals surface area contributed by atoms with E-state index in [0.717, 1.165) is 0 Å². The van der Waals surface area contributed by atoms with Gasteiger partial charge in [-0.15, -0.1) is 0 Å². The number of nitrogens with one attached hydrogen (secondary N) is 1. The molecule has 1 N–H and O–H groups in total. The lowest BCUT2D eigenvalue weighted by Crippen LogP contribution is -2.24. The smallest absolute Gasteiger partial charge is 0.355 e. The van der Waals surface area contributed by atoms with E-state index in [4.69, 9.17) is 9.47 Å². The number of esters is 2. The third kappa shape index (κ3) is 4.75. The predicted octanol–water partition coefficient (Wildman–Crippen LogP) is 2.49. The number of carbonyl (C=O) groups excluding carboxylic acids is 2. The standard InChI is InChI=1S/C18H22N2O7/c1-4-27-18(22)17-14(9-11(20(23)24)5-8-16(21)26-3)13-10-12(25-2)6-7-15(13)19-17/h6-7,10-11,19H,4-5,8-9H2,1-3H3. The first-order valence-electron chi connectivity index (χ1n) is 8.47. The number of hydrogen-bond acceptors (Lipinski definition) is 7. The number of aromatic amines is 1. The molecule has 0 spiro atoms. The molecule has 0 aliphatic carbocycles. The van der Waals surface area contributed by atoms with E-state index in [0.29, 0.717) is 22.2 Å². The SMILES string of the molecule is CCOC(=O)c1[nH]c2ccc(OC)cc2c1CC(CCC(=O)OC)[N+](=O)[O-]. The van der Waals surface area contributed by atoms with Gasteiger partial charge in [-0.3, -0.25) is 14.9 Å². The van der Waals surface area contributed by atoms with Gasteiger partial charge in [-0.25, -0.2) is 4.79 Å². The van der Waals surface area contributed by atoms with Crippen molar-refractivity contribution in [1.29, 1.82) is 0 Å². The second-order valence-corrected chi connectivity index (χ2v) is 5.87. The summed E-state index contributed by atoms with van der Waals surface area (Å²) in [5.41, 5.74) is 1.28. The van der Waals surface area contributed by atoms with Crippen LogP contribution in [0.1, 0.15) is 35.8 Å². The average molecular weight is 378 g/mol. The molecule has 1 atom stereocenters. The number of hydrogen-bond donors (Lipinski definition) is 1. The molecular weight excluding hydrogens is 356 g/mol. The molecule has 0 saturated heterocycles. The third-order valence-electron chi connectivity index (χ3n) is 4.24. The molecule has 0 aliphatic rings. The van der Waals surface area contributed by atoms with E-state index in [-0.39, 0.29) is 31.6 Å². The Morgan fingerprint density at radius 1 is 1.30 bits per heavy atom. The number of fused-ring (bicyclic) bond motifs is 1. The summed E-state index contributed by atoms with van der Waals surface area (Å²) in [4.78, 5) is 37.7. The molecule has 0 amide bonds. The highest BCUT2D eigenvalue weighted by Crippen LogP contribution is 2.29. The summed E-state index contributed by atoms with van der Waals surface area (Å²) in [6.07, 6.45) is -0.119. The Hall–Kier alpha value is -3.10. The van der Waals surface area contributed by atoms with Crippen molar-refractivity contribution in [2.24, 2.45) is 0 Å². The fourth-order valence-corrected chi connectivity index (χ4v) is 2.85. The fourth-order valence-electron chi connectivity index (χ4n) is 2.85. The van der Waals surface area contributed by atoms with E-state index in [1.54, 1.807) is 25.1 Å². The van der Waals surface area contributed by atoms with Gasteiger partial charge in [0, 0.05) is 28.7 Å². The lowest BCUT2D eigenvalue weighted by atomic mass is 9.99. The van der Waals surface area contributed by atoms with Crippen LogP contribution in [-0.4, -0.2) is 48.7 Å². The minimum absolute atomic E-state index is 0.00141. The number of benzene rings is 1. The van der Waals surface area contributed by atoms with Crippen LogP contribution in [0.5, 0.6) is 5.75 Å². The second kappa shape index (κ2) is 9.02. The van der Waals surface area contributed by atoms with Gasteiger partial charge in [-0.05, 0) is 30.7 Å². The average Bonchev–Trinajstić information content (AvgIpc) is 3.02. The topological polar surface area (TPSA) is 121 Å². The molecule has 27 heavy (non-hydrogen) atoms. The number of aromatic nitrogens is 1. The molecule has 1 aromatic carbocycles. The lowest BCUT2D eigenvalue weighted by molar-refractivity contribution is -0.522. The Balaban J connectivity index is 2.45. The van der Waals surface area contributed by atoms with Crippen molar-refractivity contribution in [3.8, 4) is 5.75 Å². The molecule has 0 saturated carbocycles. The van der Waals surface area contributed by atoms with Crippen LogP contribution in [0.2, 0.25) is 0 Å². The Morgan fingerprint density at radius 3 is 2.63 bits per heavy atom. The van der Waals surface area contributed by atoms with E-state index >= 15 is 0 Å². The molecule has 1 heterocycles. The first-order valence-corrected chi connectivity index (χ1v) is 8.47. The number of nitro groups is 1. The van der Waals surface area contributed by atoms with E-state index in [2.05, 4.69) is 9.72 Å². The zero-order chi connectivity index (χ0) is 20.0. The largest absolute Gasteiger partial charge is 0.497 e. The maximum absolute atomic E-state index is 12.3. The van der Waals surface area contributed by atoms with Crippen LogP contribution in [0, 0.1) is 10.1 Å². The zero-order valence-corrected chi connectivity index (χ0v) is 15.4. The van der Waals surface area contributed by atoms with Gasteiger partial charge >= 0.3 is 11.9 Å². The summed E-state index contributed by atoms with van der Waals surface area (Å²) in [7, 11) is 2.74. The molecule has 1 aromatic heterocycles. The van der Waals surface area contributed by atoms with Crippen LogP contribution in [-0.2, 0) is 20.7 Å². The molecular formula is C18H22N2O7. The Bertz CT molecular complexity index is 844. The summed E-state index contributed by atoms with van der Waals surface area (Å²) in [5.74, 6) is -0.545. The summed E-state index contributed by atoms with van der Waals surface area (Å²) < 4.78 is 14.8. The third-order valence-corrected chi connectivity index (χ3v) is 4.24. The van der Waals surface area contributed by atoms with Crippen molar-refractivity contribution in [2.45, 2.75) is 32.2 Å². The van der Waals surface area contributed by atoms with Crippen molar-refractivity contribution in [3.63, 3.8) is 0 Å². The van der Waals surface area contributed by atoms with Gasteiger partial charge in [-0.2, -0.15) is 0 Å². The fraction of sp³-hybridized carbons (Fsp3) is 0.444. The molecule has 2 aromatic rings. The minimum atomic E-state index is -1.05. The molecule has 9 nitrogen and oxygen atoms in total. The molecule has 0 aliphatic heterocycles. The number of ether oxygens (including phenoxy) is 3. The van der Waals surface area contributed by atoms with E-state index in [1.165, 1.54) is 14.2 Å². The van der Waals surface area contributed by atoms with Crippen molar-refractivity contribution in [1.82, 2.24) is 4.98 Å². The maximum Gasteiger partial charge on any atom is 0.355 e.